The van der Waals surface area contributed by atoms with Gasteiger partial charge in [-0.05, 0) is 36.2 Å². The molecule has 0 saturated heterocycles. The Bertz CT molecular complexity index is 617. The number of nitrogens with zero attached hydrogens (tertiary/aromatic N) is 2. The number of aromatic nitrogens is 1. The minimum atomic E-state index is 0.475. The van der Waals surface area contributed by atoms with Crippen molar-refractivity contribution in [1.29, 1.82) is 0 Å². The van der Waals surface area contributed by atoms with Gasteiger partial charge < -0.3 is 10.1 Å². The van der Waals surface area contributed by atoms with Crippen LogP contribution in [0.2, 0.25) is 0 Å². The number of nitrogens with one attached hydrogen (secondary N) is 1. The molecular formula is C15H15N3O. The normalized spacial score (nSPS) is 9.74. The molecule has 19 heavy (non-hydrogen) atoms. The van der Waals surface area contributed by atoms with E-state index in [4.69, 9.17) is 11.3 Å². The fraction of sp³-hybridized carbons (Fsp3) is 0.200. The maximum absolute atomic E-state index is 7.16. The van der Waals surface area contributed by atoms with E-state index in [1.807, 2.05) is 12.1 Å². The Hall–Kier alpha value is -2.54. The number of ether oxygens (including phenoxy) is 1. The largest absolute Gasteiger partial charge is 0.481 e. The minimum absolute atomic E-state index is 0.475. The van der Waals surface area contributed by atoms with Crippen LogP contribution >= 0.6 is 0 Å². The molecule has 0 radical (unpaired) electrons. The van der Waals surface area contributed by atoms with Gasteiger partial charge in [0.2, 0.25) is 11.6 Å². The van der Waals surface area contributed by atoms with Gasteiger partial charge >= 0.3 is 0 Å². The summed E-state index contributed by atoms with van der Waals surface area (Å²) < 4.78 is 5.08. The molecule has 4 heteroatoms. The highest BCUT2D eigenvalue weighted by Crippen LogP contribution is 2.28. The first-order valence-corrected chi connectivity index (χ1v) is 6.05. The number of anilines is 2. The smallest absolute Gasteiger partial charge is 0.228 e. The first kappa shape index (κ1) is 12.9. The lowest BCUT2D eigenvalue weighted by atomic mass is 10.1. The summed E-state index contributed by atoms with van der Waals surface area (Å²) in [5.41, 5.74) is 2.63. The second kappa shape index (κ2) is 5.87. The molecule has 1 N–H and O–H groups in total. The summed E-state index contributed by atoms with van der Waals surface area (Å²) in [6, 6.07) is 11.4. The van der Waals surface area contributed by atoms with Crippen LogP contribution in [-0.4, -0.2) is 12.1 Å². The van der Waals surface area contributed by atoms with Crippen LogP contribution in [0.15, 0.2) is 36.4 Å². The van der Waals surface area contributed by atoms with E-state index in [9.17, 15) is 0 Å². The van der Waals surface area contributed by atoms with Crippen LogP contribution in [0.4, 0.5) is 17.2 Å². The first-order chi connectivity index (χ1) is 9.26. The fourth-order valence-corrected chi connectivity index (χ4v) is 1.74. The van der Waals surface area contributed by atoms with Crippen molar-refractivity contribution in [1.82, 2.24) is 4.98 Å². The molecule has 4 nitrogen and oxygen atoms in total. The molecule has 1 heterocycles. The van der Waals surface area contributed by atoms with E-state index in [0.29, 0.717) is 17.4 Å². The topological polar surface area (TPSA) is 38.5 Å². The zero-order valence-electron chi connectivity index (χ0n) is 11.0. The van der Waals surface area contributed by atoms with Crippen molar-refractivity contribution < 1.29 is 4.74 Å². The molecule has 0 amide bonds. The van der Waals surface area contributed by atoms with Gasteiger partial charge in [-0.15, -0.1) is 0 Å². The lowest BCUT2D eigenvalue weighted by Gasteiger charge is -2.10. The second-order valence-corrected chi connectivity index (χ2v) is 4.01. The Balaban J connectivity index is 2.33. The molecule has 0 aliphatic rings. The zero-order chi connectivity index (χ0) is 13.7. The van der Waals surface area contributed by atoms with Gasteiger partial charge in [-0.2, -0.15) is 0 Å². The summed E-state index contributed by atoms with van der Waals surface area (Å²) in [7, 11) is 1.56. The standard InChI is InChI=1S/C15H15N3O/c1-4-11-6-5-7-12(10-11)17-15-13(16-2)8-9-14(18-15)19-3/h5-10H,4H2,1,3H3,(H,17,18). The summed E-state index contributed by atoms with van der Waals surface area (Å²) in [6.45, 7) is 9.27. The Labute approximate surface area is 112 Å². The lowest BCUT2D eigenvalue weighted by molar-refractivity contribution is 0.398. The monoisotopic (exact) mass is 253 g/mol. The molecule has 2 aromatic rings. The maximum atomic E-state index is 7.16. The molecular weight excluding hydrogens is 238 g/mol. The van der Waals surface area contributed by atoms with Crippen LogP contribution < -0.4 is 10.1 Å². The number of aryl methyl sites for hydroxylation is 1. The molecule has 2 rings (SSSR count). The van der Waals surface area contributed by atoms with Crippen molar-refractivity contribution in [2.75, 3.05) is 12.4 Å². The van der Waals surface area contributed by atoms with Crippen LogP contribution in [0.3, 0.4) is 0 Å². The number of rotatable bonds is 4. The summed E-state index contributed by atoms with van der Waals surface area (Å²) in [4.78, 5) is 7.72. The van der Waals surface area contributed by atoms with Gasteiger partial charge in [0.05, 0.1) is 13.7 Å². The summed E-state index contributed by atoms with van der Waals surface area (Å²) in [5, 5.41) is 3.17. The van der Waals surface area contributed by atoms with Crippen LogP contribution in [-0.2, 0) is 6.42 Å². The summed E-state index contributed by atoms with van der Waals surface area (Å²) >= 11 is 0. The van der Waals surface area contributed by atoms with E-state index in [1.165, 1.54) is 5.56 Å². The molecule has 0 atom stereocenters. The van der Waals surface area contributed by atoms with Crippen molar-refractivity contribution in [3.8, 4) is 5.88 Å². The molecule has 1 aromatic heterocycles. The van der Waals surface area contributed by atoms with Gasteiger partial charge in [0.15, 0.2) is 0 Å². The fourth-order valence-electron chi connectivity index (χ4n) is 1.74. The van der Waals surface area contributed by atoms with E-state index in [1.54, 1.807) is 19.2 Å². The average molecular weight is 253 g/mol. The van der Waals surface area contributed by atoms with Crippen molar-refractivity contribution in [3.63, 3.8) is 0 Å². The number of methoxy groups -OCH3 is 1. The number of pyridine rings is 1. The molecule has 0 bridgehead atoms. The van der Waals surface area contributed by atoms with Gasteiger partial charge in [0.25, 0.3) is 0 Å². The van der Waals surface area contributed by atoms with Crippen LogP contribution in [0, 0.1) is 6.57 Å². The average Bonchev–Trinajstić information content (AvgIpc) is 2.47. The number of hydrogen-bond donors (Lipinski definition) is 1. The van der Waals surface area contributed by atoms with Gasteiger partial charge in [-0.25, -0.2) is 9.83 Å². The molecule has 0 saturated carbocycles. The Morgan fingerprint density at radius 2 is 2.16 bits per heavy atom. The highest BCUT2D eigenvalue weighted by Gasteiger charge is 2.06. The molecule has 0 aliphatic heterocycles. The SMILES string of the molecule is [C-]#[N+]c1ccc(OC)nc1Nc1cccc(CC)c1. The van der Waals surface area contributed by atoms with Gasteiger partial charge in [-0.1, -0.05) is 19.1 Å². The lowest BCUT2D eigenvalue weighted by Crippen LogP contribution is -1.96. The van der Waals surface area contributed by atoms with Crippen LogP contribution in [0.5, 0.6) is 5.88 Å². The predicted octanol–water partition coefficient (Wildman–Crippen LogP) is 3.95. The highest BCUT2D eigenvalue weighted by molar-refractivity contribution is 5.72. The molecule has 0 spiro atoms. The second-order valence-electron chi connectivity index (χ2n) is 4.01. The molecule has 0 unspecified atom stereocenters. The highest BCUT2D eigenvalue weighted by atomic mass is 16.5. The third-order valence-electron chi connectivity index (χ3n) is 2.78. The van der Waals surface area contributed by atoms with Gasteiger partial charge in [0, 0.05) is 5.69 Å². The van der Waals surface area contributed by atoms with E-state index in [0.717, 1.165) is 12.1 Å². The quantitative estimate of drug-likeness (QED) is 0.838. The third kappa shape index (κ3) is 3.02. The Kier molecular flexibility index (Phi) is 3.99. The molecule has 0 fully saturated rings. The number of hydrogen-bond acceptors (Lipinski definition) is 3. The Morgan fingerprint density at radius 3 is 2.84 bits per heavy atom. The molecule has 0 aliphatic carbocycles. The van der Waals surface area contributed by atoms with E-state index in [-0.39, 0.29) is 0 Å². The molecule has 96 valence electrons. The Morgan fingerprint density at radius 1 is 1.32 bits per heavy atom. The summed E-state index contributed by atoms with van der Waals surface area (Å²) in [5.74, 6) is 1.00. The van der Waals surface area contributed by atoms with Crippen LogP contribution in [0.1, 0.15) is 12.5 Å². The van der Waals surface area contributed by atoms with Crippen molar-refractivity contribution in [2.24, 2.45) is 0 Å². The molecule has 1 aromatic carbocycles. The van der Waals surface area contributed by atoms with Crippen molar-refractivity contribution in [3.05, 3.63) is 53.4 Å². The van der Waals surface area contributed by atoms with E-state index in [2.05, 4.69) is 34.2 Å². The minimum Gasteiger partial charge on any atom is -0.481 e. The first-order valence-electron chi connectivity index (χ1n) is 6.05. The zero-order valence-corrected chi connectivity index (χ0v) is 11.0. The third-order valence-corrected chi connectivity index (χ3v) is 2.78. The van der Waals surface area contributed by atoms with E-state index < -0.39 is 0 Å². The van der Waals surface area contributed by atoms with Crippen LogP contribution in [0.25, 0.3) is 4.85 Å². The maximum Gasteiger partial charge on any atom is 0.228 e. The van der Waals surface area contributed by atoms with Gasteiger partial charge in [0.1, 0.15) is 5.82 Å². The van der Waals surface area contributed by atoms with Crippen molar-refractivity contribution in [2.45, 2.75) is 13.3 Å². The van der Waals surface area contributed by atoms with E-state index >= 15 is 0 Å². The predicted molar refractivity (Wildman–Crippen MR) is 76.2 cm³/mol. The number of benzene rings is 1. The summed E-state index contributed by atoms with van der Waals surface area (Å²) in [6.07, 6.45) is 0.969. The van der Waals surface area contributed by atoms with Gasteiger partial charge in [-0.3, -0.25) is 0 Å². The van der Waals surface area contributed by atoms with Crippen molar-refractivity contribution >= 4 is 17.2 Å².